The maximum Gasteiger partial charge on any atom is 0.237 e. The SMILES string of the molecule is Cc1nc(SC(C)C(=O)Nc2ccc(Cl)cc2F)n[nH]1. The number of nitrogens with one attached hydrogen (secondary N) is 2. The summed E-state index contributed by atoms with van der Waals surface area (Å²) in [5.74, 6) is -0.237. The lowest BCUT2D eigenvalue weighted by Crippen LogP contribution is -2.23. The molecule has 2 N–H and O–H groups in total. The van der Waals surface area contributed by atoms with Crippen molar-refractivity contribution in [3.8, 4) is 0 Å². The average molecular weight is 315 g/mol. The second-order valence-corrected chi connectivity index (χ2v) is 5.82. The van der Waals surface area contributed by atoms with Crippen molar-refractivity contribution in [2.45, 2.75) is 24.3 Å². The highest BCUT2D eigenvalue weighted by Crippen LogP contribution is 2.23. The Balaban J connectivity index is 2.00. The number of H-pyrrole nitrogens is 1. The highest BCUT2D eigenvalue weighted by Gasteiger charge is 2.18. The summed E-state index contributed by atoms with van der Waals surface area (Å²) in [5.41, 5.74) is 0.0954. The zero-order chi connectivity index (χ0) is 14.7. The second kappa shape index (κ2) is 6.23. The van der Waals surface area contributed by atoms with Crippen LogP contribution in [0.2, 0.25) is 5.02 Å². The van der Waals surface area contributed by atoms with Gasteiger partial charge < -0.3 is 5.32 Å². The number of hydrogen-bond acceptors (Lipinski definition) is 4. The zero-order valence-corrected chi connectivity index (χ0v) is 12.3. The van der Waals surface area contributed by atoms with Gasteiger partial charge in [-0.05, 0) is 32.0 Å². The number of aryl methyl sites for hydroxylation is 1. The Kier molecular flexibility index (Phi) is 4.61. The number of hydrogen-bond donors (Lipinski definition) is 2. The van der Waals surface area contributed by atoms with Crippen molar-refractivity contribution >= 4 is 35.0 Å². The molecule has 0 aliphatic carbocycles. The molecule has 1 unspecified atom stereocenters. The minimum absolute atomic E-state index is 0.0954. The summed E-state index contributed by atoms with van der Waals surface area (Å²) >= 11 is 6.84. The van der Waals surface area contributed by atoms with Gasteiger partial charge in [0.25, 0.3) is 0 Å². The first-order valence-electron chi connectivity index (χ1n) is 5.77. The van der Waals surface area contributed by atoms with Crippen molar-refractivity contribution < 1.29 is 9.18 Å². The molecule has 5 nitrogen and oxygen atoms in total. The van der Waals surface area contributed by atoms with Gasteiger partial charge in [0.15, 0.2) is 0 Å². The van der Waals surface area contributed by atoms with E-state index in [1.54, 1.807) is 13.8 Å². The van der Waals surface area contributed by atoms with Crippen LogP contribution in [0, 0.1) is 12.7 Å². The first-order chi connectivity index (χ1) is 9.45. The number of rotatable bonds is 4. The van der Waals surface area contributed by atoms with Gasteiger partial charge in [0, 0.05) is 5.02 Å². The van der Waals surface area contributed by atoms with Crippen LogP contribution in [0.25, 0.3) is 0 Å². The zero-order valence-electron chi connectivity index (χ0n) is 10.8. The molecule has 1 atom stereocenters. The van der Waals surface area contributed by atoms with Crippen LogP contribution in [0.1, 0.15) is 12.7 Å². The summed E-state index contributed by atoms with van der Waals surface area (Å²) in [6.07, 6.45) is 0. The minimum Gasteiger partial charge on any atom is -0.323 e. The Hall–Kier alpha value is -1.60. The van der Waals surface area contributed by atoms with Gasteiger partial charge in [-0.2, -0.15) is 0 Å². The molecule has 1 aromatic heterocycles. The summed E-state index contributed by atoms with van der Waals surface area (Å²) in [6, 6.07) is 4.08. The van der Waals surface area contributed by atoms with Crippen LogP contribution in [-0.2, 0) is 4.79 Å². The van der Waals surface area contributed by atoms with Crippen molar-refractivity contribution in [2.24, 2.45) is 0 Å². The fourth-order valence-corrected chi connectivity index (χ4v) is 2.34. The lowest BCUT2D eigenvalue weighted by Gasteiger charge is -2.10. The Morgan fingerprint density at radius 1 is 1.55 bits per heavy atom. The molecule has 1 amide bonds. The summed E-state index contributed by atoms with van der Waals surface area (Å²) in [6.45, 7) is 3.46. The maximum atomic E-state index is 13.6. The number of amides is 1. The highest BCUT2D eigenvalue weighted by molar-refractivity contribution is 8.00. The monoisotopic (exact) mass is 314 g/mol. The molecule has 0 saturated heterocycles. The quantitative estimate of drug-likeness (QED) is 0.851. The number of halogens is 2. The molecule has 106 valence electrons. The largest absolute Gasteiger partial charge is 0.323 e. The van der Waals surface area contributed by atoms with Gasteiger partial charge in [0.2, 0.25) is 11.1 Å². The summed E-state index contributed by atoms with van der Waals surface area (Å²) in [4.78, 5) is 16.1. The van der Waals surface area contributed by atoms with Crippen LogP contribution < -0.4 is 5.32 Å². The number of aromatic nitrogens is 3. The lowest BCUT2D eigenvalue weighted by molar-refractivity contribution is -0.115. The predicted molar refractivity (Wildman–Crippen MR) is 76.5 cm³/mol. The maximum absolute atomic E-state index is 13.6. The first-order valence-corrected chi connectivity index (χ1v) is 7.03. The molecule has 8 heteroatoms. The number of aromatic amines is 1. The van der Waals surface area contributed by atoms with E-state index in [0.717, 1.165) is 6.07 Å². The number of nitrogens with zero attached hydrogens (tertiary/aromatic N) is 2. The molecule has 2 aromatic rings. The number of thioether (sulfide) groups is 1. The molecular formula is C12H12ClFN4OS. The molecule has 0 aliphatic rings. The van der Waals surface area contributed by atoms with Crippen LogP contribution in [-0.4, -0.2) is 26.3 Å². The van der Waals surface area contributed by atoms with Crippen molar-refractivity contribution in [1.29, 1.82) is 0 Å². The number of anilines is 1. The van der Waals surface area contributed by atoms with Gasteiger partial charge in [-0.3, -0.25) is 9.89 Å². The standard InChI is InChI=1S/C12H12ClFN4OS/c1-6(20-12-15-7(2)17-18-12)11(19)16-10-4-3-8(13)5-9(10)14/h3-6H,1-2H3,(H,16,19)(H,15,17,18). The molecule has 20 heavy (non-hydrogen) atoms. The van der Waals surface area contributed by atoms with Gasteiger partial charge in [-0.1, -0.05) is 23.4 Å². The van der Waals surface area contributed by atoms with Crippen molar-refractivity contribution in [1.82, 2.24) is 15.2 Å². The summed E-state index contributed by atoms with van der Waals surface area (Å²) < 4.78 is 13.6. The van der Waals surface area contributed by atoms with Gasteiger partial charge in [0.1, 0.15) is 11.6 Å². The van der Waals surface area contributed by atoms with E-state index < -0.39 is 11.1 Å². The molecule has 1 heterocycles. The van der Waals surface area contributed by atoms with Gasteiger partial charge in [-0.15, -0.1) is 5.10 Å². The van der Waals surface area contributed by atoms with E-state index in [2.05, 4.69) is 20.5 Å². The van der Waals surface area contributed by atoms with Crippen LogP contribution in [0.15, 0.2) is 23.4 Å². The number of carbonyl (C=O) groups excluding carboxylic acids is 1. The van der Waals surface area contributed by atoms with Gasteiger partial charge in [-0.25, -0.2) is 9.37 Å². The topological polar surface area (TPSA) is 70.7 Å². The van der Waals surface area contributed by atoms with E-state index in [9.17, 15) is 9.18 Å². The van der Waals surface area contributed by atoms with E-state index in [0.29, 0.717) is 11.0 Å². The Morgan fingerprint density at radius 2 is 2.30 bits per heavy atom. The molecule has 0 fully saturated rings. The molecule has 1 aromatic carbocycles. The van der Waals surface area contributed by atoms with Crippen molar-refractivity contribution in [3.63, 3.8) is 0 Å². The summed E-state index contributed by atoms with van der Waals surface area (Å²) in [7, 11) is 0. The Bertz CT molecular complexity index is 634. The van der Waals surface area contributed by atoms with Gasteiger partial charge >= 0.3 is 0 Å². The van der Waals surface area contributed by atoms with E-state index >= 15 is 0 Å². The van der Waals surface area contributed by atoms with E-state index in [4.69, 9.17) is 11.6 Å². The fraction of sp³-hybridized carbons (Fsp3) is 0.250. The lowest BCUT2D eigenvalue weighted by atomic mass is 10.3. The van der Waals surface area contributed by atoms with Crippen molar-refractivity contribution in [3.05, 3.63) is 34.9 Å². The predicted octanol–water partition coefficient (Wildman–Crippen LogP) is 3.02. The van der Waals surface area contributed by atoms with Crippen LogP contribution in [0.4, 0.5) is 10.1 Å². The third-order valence-electron chi connectivity index (χ3n) is 2.42. The minimum atomic E-state index is -0.572. The molecule has 0 spiro atoms. The molecule has 2 rings (SSSR count). The number of carbonyl (C=O) groups is 1. The first kappa shape index (κ1) is 14.8. The Labute approximate surface area is 124 Å². The Morgan fingerprint density at radius 3 is 2.90 bits per heavy atom. The summed E-state index contributed by atoms with van der Waals surface area (Å²) in [5, 5.41) is 9.42. The normalized spacial score (nSPS) is 12.2. The van der Waals surface area contributed by atoms with Crippen molar-refractivity contribution in [2.75, 3.05) is 5.32 Å². The third kappa shape index (κ3) is 3.71. The molecule has 0 radical (unpaired) electrons. The highest BCUT2D eigenvalue weighted by atomic mass is 35.5. The second-order valence-electron chi connectivity index (χ2n) is 4.08. The van der Waals surface area contributed by atoms with Gasteiger partial charge in [0.05, 0.1) is 10.9 Å². The molecule has 0 aliphatic heterocycles. The van der Waals surface area contributed by atoms with Crippen LogP contribution >= 0.6 is 23.4 Å². The molecular weight excluding hydrogens is 303 g/mol. The fourth-order valence-electron chi connectivity index (χ4n) is 1.41. The third-order valence-corrected chi connectivity index (χ3v) is 3.61. The molecule has 0 bridgehead atoms. The smallest absolute Gasteiger partial charge is 0.237 e. The van der Waals surface area contributed by atoms with Crippen LogP contribution in [0.3, 0.4) is 0 Å². The number of benzene rings is 1. The molecule has 0 saturated carbocycles. The van der Waals surface area contributed by atoms with E-state index in [1.165, 1.54) is 23.9 Å². The van der Waals surface area contributed by atoms with E-state index in [1.807, 2.05) is 0 Å². The van der Waals surface area contributed by atoms with Crippen LogP contribution in [0.5, 0.6) is 0 Å². The van der Waals surface area contributed by atoms with E-state index in [-0.39, 0.29) is 16.6 Å². The average Bonchev–Trinajstić information content (AvgIpc) is 2.78.